The van der Waals surface area contributed by atoms with Gasteiger partial charge in [0.1, 0.15) is 5.75 Å². The average molecular weight is 686 g/mol. The van der Waals surface area contributed by atoms with Crippen molar-refractivity contribution in [1.29, 1.82) is 0 Å². The quantitative estimate of drug-likeness (QED) is 0.476. The number of nitrogens with two attached hydrogens (primary N) is 1. The molecule has 2 aromatic rings. The first-order valence-corrected chi connectivity index (χ1v) is 19.4. The van der Waals surface area contributed by atoms with E-state index in [2.05, 4.69) is 22.8 Å². The van der Waals surface area contributed by atoms with Crippen molar-refractivity contribution in [1.82, 2.24) is 19.1 Å². The van der Waals surface area contributed by atoms with Crippen molar-refractivity contribution in [2.75, 3.05) is 33.3 Å². The molecule has 0 radical (unpaired) electrons. The summed E-state index contributed by atoms with van der Waals surface area (Å²) in [7, 11) is -2.58. The Morgan fingerprint density at radius 2 is 1.63 bits per heavy atom. The van der Waals surface area contributed by atoms with Crippen LogP contribution in [0.25, 0.3) is 10.9 Å². The van der Waals surface area contributed by atoms with Crippen LogP contribution in [-0.2, 0) is 31.1 Å². The van der Waals surface area contributed by atoms with Crippen molar-refractivity contribution in [2.24, 2.45) is 28.8 Å². The maximum absolute atomic E-state index is 14.7. The number of fused-ring (bicyclic) bond motifs is 7. The summed E-state index contributed by atoms with van der Waals surface area (Å²) in [5, 5.41) is 6.23. The van der Waals surface area contributed by atoms with E-state index in [9.17, 15) is 22.8 Å². The Morgan fingerprint density at radius 1 is 0.939 bits per heavy atom. The van der Waals surface area contributed by atoms with Crippen molar-refractivity contribution in [2.45, 2.75) is 69.7 Å². The predicted octanol–water partition coefficient (Wildman–Crippen LogP) is 3.62. The normalized spacial score (nSPS) is 27.9. The van der Waals surface area contributed by atoms with Crippen LogP contribution in [0, 0.1) is 23.7 Å². The van der Waals surface area contributed by atoms with Gasteiger partial charge in [-0.2, -0.15) is 8.42 Å². The fourth-order valence-electron chi connectivity index (χ4n) is 9.86. The minimum absolute atomic E-state index is 0.0952. The zero-order chi connectivity index (χ0) is 33.8. The van der Waals surface area contributed by atoms with Crippen molar-refractivity contribution in [3.63, 3.8) is 0 Å². The van der Waals surface area contributed by atoms with Crippen LogP contribution >= 0.6 is 0 Å². The largest absolute Gasteiger partial charge is 0.496 e. The lowest BCUT2D eigenvalue weighted by molar-refractivity contribution is -0.135. The van der Waals surface area contributed by atoms with Crippen LogP contribution in [-0.4, -0.2) is 73.8 Å². The summed E-state index contributed by atoms with van der Waals surface area (Å²) in [6.45, 7) is 3.12. The molecule has 258 valence electrons. The number of hydrogen-bond donors (Lipinski definition) is 2. The molecule has 3 amide bonds. The van der Waals surface area contributed by atoms with E-state index >= 15 is 0 Å². The standard InChI is InChI=1S/C37H43N5O6S/c1-48-30-13-12-24(20-6-3-2-4-7-20)34-27(30)14-29-31-25(32-28(19-42(29)34)33(32)35(43)39-49(38,46)47)8-5-9-26(31)37(45)41-17-22-15-40(16-23(22)18-41)36(44)21-10-11-21/h5,8,12-14,20-23,26,31H,2-4,6-7,9-11,15-19H2,1H3,(H,39,43)(H2,38,46,47)/t22?,23?,26-,31?/m1/s1. The predicted molar refractivity (Wildman–Crippen MR) is 182 cm³/mol. The molecule has 3 N–H and O–H groups in total. The number of amides is 3. The summed E-state index contributed by atoms with van der Waals surface area (Å²) in [6, 6.07) is 6.43. The topological polar surface area (TPSA) is 144 Å². The molecule has 4 heterocycles. The highest BCUT2D eigenvalue weighted by Crippen LogP contribution is 2.55. The molecule has 4 aliphatic carbocycles. The number of rotatable bonds is 6. The molecule has 3 unspecified atom stereocenters. The van der Waals surface area contributed by atoms with E-state index in [1.165, 1.54) is 24.8 Å². The van der Waals surface area contributed by atoms with Crippen LogP contribution in [0.3, 0.4) is 0 Å². The van der Waals surface area contributed by atoms with Gasteiger partial charge in [-0.15, -0.1) is 0 Å². The van der Waals surface area contributed by atoms with Crippen LogP contribution in [0.15, 0.2) is 52.6 Å². The average Bonchev–Trinajstić information content (AvgIpc) is 3.94. The third-order valence-corrected chi connectivity index (χ3v) is 12.8. The van der Waals surface area contributed by atoms with Crippen molar-refractivity contribution < 1.29 is 27.5 Å². The molecule has 1 aromatic carbocycles. The molecule has 7 aliphatic rings. The second kappa shape index (κ2) is 11.3. The van der Waals surface area contributed by atoms with Crippen LogP contribution in [0.1, 0.15) is 74.5 Å². The van der Waals surface area contributed by atoms with Gasteiger partial charge in [0.2, 0.25) is 11.8 Å². The molecule has 2 saturated heterocycles. The van der Waals surface area contributed by atoms with Gasteiger partial charge >= 0.3 is 0 Å². The highest BCUT2D eigenvalue weighted by atomic mass is 32.2. The van der Waals surface area contributed by atoms with Gasteiger partial charge in [-0.25, -0.2) is 9.86 Å². The summed E-state index contributed by atoms with van der Waals surface area (Å²) in [6.07, 6.45) is 12.4. The number of hydrogen-bond acceptors (Lipinski definition) is 6. The van der Waals surface area contributed by atoms with Gasteiger partial charge in [0.25, 0.3) is 16.1 Å². The van der Waals surface area contributed by atoms with Gasteiger partial charge in [-0.05, 0) is 72.4 Å². The van der Waals surface area contributed by atoms with Gasteiger partial charge in [0.15, 0.2) is 0 Å². The summed E-state index contributed by atoms with van der Waals surface area (Å²) in [5.74, 6) is 0.854. The number of nitrogens with zero attached hydrogens (tertiary/aromatic N) is 3. The fourth-order valence-corrected chi connectivity index (χ4v) is 10.2. The minimum Gasteiger partial charge on any atom is -0.496 e. The third kappa shape index (κ3) is 5.16. The van der Waals surface area contributed by atoms with Crippen molar-refractivity contribution >= 4 is 38.8 Å². The van der Waals surface area contributed by atoms with Crippen LogP contribution < -0.4 is 14.6 Å². The number of benzene rings is 1. The molecule has 2 saturated carbocycles. The Labute approximate surface area is 286 Å². The molecule has 0 spiro atoms. The second-order valence-corrected chi connectivity index (χ2v) is 16.6. The SMILES string of the molecule is COc1ccc(C2CCCCC2)c2c1cc1n2CC2=C(C(=O)NS(N)(=O)=O)C2=C2C=CC[C@@H](C(=O)N3CC4CN(C(=O)C5CC5)CC4C3)C21. The number of carbonyl (C=O) groups excluding carboxylic acids is 3. The molecule has 11 nitrogen and oxygen atoms in total. The fraction of sp³-hybridized carbons (Fsp3) is 0.541. The van der Waals surface area contributed by atoms with Gasteiger partial charge in [0, 0.05) is 67.5 Å². The van der Waals surface area contributed by atoms with Crippen molar-refractivity contribution in [3.05, 3.63) is 63.9 Å². The molecular weight excluding hydrogens is 643 g/mol. The number of ether oxygens (including phenoxy) is 1. The lowest BCUT2D eigenvalue weighted by atomic mass is 9.76. The first-order valence-electron chi connectivity index (χ1n) is 17.9. The molecule has 9 rings (SSSR count). The highest BCUT2D eigenvalue weighted by molar-refractivity contribution is 7.87. The molecule has 4 fully saturated rings. The third-order valence-electron chi connectivity index (χ3n) is 12.3. The zero-order valence-corrected chi connectivity index (χ0v) is 28.6. The number of carbonyl (C=O) groups is 3. The Hall–Kier alpha value is -3.90. The Balaban J connectivity index is 1.12. The Morgan fingerprint density at radius 3 is 2.29 bits per heavy atom. The van der Waals surface area contributed by atoms with E-state index < -0.39 is 22.0 Å². The van der Waals surface area contributed by atoms with Gasteiger partial charge < -0.3 is 19.1 Å². The number of nitrogens with one attached hydrogen (secondary N) is 1. The van der Waals surface area contributed by atoms with E-state index in [0.717, 1.165) is 77.8 Å². The molecule has 3 aliphatic heterocycles. The molecule has 0 bridgehead atoms. The number of methoxy groups -OCH3 is 1. The lowest BCUT2D eigenvalue weighted by Crippen LogP contribution is -2.41. The number of aromatic nitrogens is 1. The van der Waals surface area contributed by atoms with Crippen LogP contribution in [0.2, 0.25) is 0 Å². The summed E-state index contributed by atoms with van der Waals surface area (Å²) in [4.78, 5) is 44.9. The minimum atomic E-state index is -4.26. The monoisotopic (exact) mass is 685 g/mol. The summed E-state index contributed by atoms with van der Waals surface area (Å²) < 4.78 is 34.0. The van der Waals surface area contributed by atoms with Gasteiger partial charge in [-0.3, -0.25) is 14.4 Å². The summed E-state index contributed by atoms with van der Waals surface area (Å²) in [5.41, 5.74) is 6.10. The molecule has 49 heavy (non-hydrogen) atoms. The molecule has 12 heteroatoms. The molecule has 4 atom stereocenters. The van der Waals surface area contributed by atoms with E-state index in [4.69, 9.17) is 9.88 Å². The van der Waals surface area contributed by atoms with Gasteiger partial charge in [-0.1, -0.05) is 37.5 Å². The van der Waals surface area contributed by atoms with E-state index in [1.807, 2.05) is 26.7 Å². The number of allylic oxidation sites excluding steroid dienone is 4. The molecular formula is C37H43N5O6S. The van der Waals surface area contributed by atoms with E-state index in [0.29, 0.717) is 37.5 Å². The molecule has 1 aromatic heterocycles. The first-order chi connectivity index (χ1) is 23.6. The van der Waals surface area contributed by atoms with Crippen LogP contribution in [0.4, 0.5) is 0 Å². The Bertz CT molecular complexity index is 2000. The highest BCUT2D eigenvalue weighted by Gasteiger charge is 2.50. The first kappa shape index (κ1) is 31.1. The lowest BCUT2D eigenvalue weighted by Gasteiger charge is -2.33. The van der Waals surface area contributed by atoms with E-state index in [1.54, 1.807) is 7.11 Å². The summed E-state index contributed by atoms with van der Waals surface area (Å²) >= 11 is 0. The van der Waals surface area contributed by atoms with Crippen LogP contribution in [0.5, 0.6) is 5.75 Å². The maximum Gasteiger partial charge on any atom is 0.298 e. The van der Waals surface area contributed by atoms with Gasteiger partial charge in [0.05, 0.1) is 24.1 Å². The smallest absolute Gasteiger partial charge is 0.298 e. The Kier molecular flexibility index (Phi) is 7.18. The number of likely N-dealkylation sites (tertiary alicyclic amines) is 2. The van der Waals surface area contributed by atoms with E-state index in [-0.39, 0.29) is 35.5 Å². The second-order valence-electron chi connectivity index (χ2n) is 15.3. The maximum atomic E-state index is 14.7. The zero-order valence-electron chi connectivity index (χ0n) is 27.8. The van der Waals surface area contributed by atoms with Crippen molar-refractivity contribution in [3.8, 4) is 5.75 Å².